The van der Waals surface area contributed by atoms with Gasteiger partial charge in [0.1, 0.15) is 5.69 Å². The number of aromatic nitrogens is 1. The highest BCUT2D eigenvalue weighted by Crippen LogP contribution is 2.33. The normalized spacial score (nSPS) is 17.3. The molecule has 1 aliphatic heterocycles. The van der Waals surface area contributed by atoms with Gasteiger partial charge in [-0.3, -0.25) is 0 Å². The lowest BCUT2D eigenvalue weighted by atomic mass is 10.1. The van der Waals surface area contributed by atoms with Crippen molar-refractivity contribution in [2.45, 2.75) is 18.9 Å². The number of benzene rings is 1. The number of nitriles is 1. The Labute approximate surface area is 134 Å². The molecule has 0 saturated carbocycles. The molecule has 0 bridgehead atoms. The summed E-state index contributed by atoms with van der Waals surface area (Å²) in [6, 6.07) is 11.5. The zero-order valence-electron chi connectivity index (χ0n) is 12.2. The van der Waals surface area contributed by atoms with Gasteiger partial charge >= 0.3 is 0 Å². The number of thiocarbonyl (C=S) groups is 1. The van der Waals surface area contributed by atoms with Crippen LogP contribution in [-0.4, -0.2) is 28.8 Å². The van der Waals surface area contributed by atoms with E-state index in [4.69, 9.17) is 22.0 Å². The summed E-state index contributed by atoms with van der Waals surface area (Å²) >= 11 is 5.35. The molecule has 0 amide bonds. The first-order valence-corrected chi connectivity index (χ1v) is 7.59. The van der Waals surface area contributed by atoms with Crippen molar-refractivity contribution < 1.29 is 4.52 Å². The molecule has 1 aromatic carbocycles. The van der Waals surface area contributed by atoms with E-state index in [-0.39, 0.29) is 6.04 Å². The number of rotatable bonds is 2. The summed E-state index contributed by atoms with van der Waals surface area (Å²) in [5, 5.41) is 17.0. The highest BCUT2D eigenvalue weighted by Gasteiger charge is 2.30. The Morgan fingerprint density at radius 3 is 3.14 bits per heavy atom. The molecule has 0 radical (unpaired) electrons. The maximum Gasteiger partial charge on any atom is 0.169 e. The minimum Gasteiger partial charge on any atom is -0.366 e. The van der Waals surface area contributed by atoms with Crippen LogP contribution in [0.2, 0.25) is 0 Å². The summed E-state index contributed by atoms with van der Waals surface area (Å²) in [6.07, 6.45) is 2.09. The Morgan fingerprint density at radius 2 is 2.36 bits per heavy atom. The van der Waals surface area contributed by atoms with Crippen molar-refractivity contribution in [1.82, 2.24) is 15.4 Å². The van der Waals surface area contributed by atoms with Crippen molar-refractivity contribution in [1.29, 1.82) is 5.26 Å². The van der Waals surface area contributed by atoms with Gasteiger partial charge in [0.25, 0.3) is 0 Å². The highest BCUT2D eigenvalue weighted by atomic mass is 32.1. The van der Waals surface area contributed by atoms with Crippen molar-refractivity contribution in [2.24, 2.45) is 0 Å². The minimum atomic E-state index is 0.150. The third-order valence-corrected chi connectivity index (χ3v) is 4.31. The molecule has 1 saturated heterocycles. The monoisotopic (exact) mass is 312 g/mol. The quantitative estimate of drug-likeness (QED) is 0.860. The van der Waals surface area contributed by atoms with Crippen LogP contribution in [0.4, 0.5) is 0 Å². The topological polar surface area (TPSA) is 65.1 Å². The number of hydrogen-bond donors (Lipinski definition) is 1. The van der Waals surface area contributed by atoms with Crippen LogP contribution >= 0.6 is 12.2 Å². The van der Waals surface area contributed by atoms with Gasteiger partial charge in [0.2, 0.25) is 0 Å². The van der Waals surface area contributed by atoms with E-state index >= 15 is 0 Å². The fourth-order valence-corrected chi connectivity index (χ4v) is 3.00. The third-order valence-electron chi connectivity index (χ3n) is 3.87. The van der Waals surface area contributed by atoms with Crippen LogP contribution in [0.3, 0.4) is 0 Å². The Morgan fingerprint density at radius 1 is 1.50 bits per heavy atom. The Hall–Kier alpha value is -2.39. The summed E-state index contributed by atoms with van der Waals surface area (Å²) in [7, 11) is 1.83. The van der Waals surface area contributed by atoms with E-state index in [1.54, 1.807) is 12.1 Å². The molecule has 3 rings (SSSR count). The maximum atomic E-state index is 8.99. The van der Waals surface area contributed by atoms with Gasteiger partial charge in [-0.25, -0.2) is 0 Å². The average molecular weight is 312 g/mol. The van der Waals surface area contributed by atoms with Gasteiger partial charge in [-0.05, 0) is 37.2 Å². The molecule has 1 N–H and O–H groups in total. The van der Waals surface area contributed by atoms with Crippen LogP contribution in [0.1, 0.15) is 30.1 Å². The number of hydrogen-bond acceptors (Lipinski definition) is 4. The standard InChI is InChI=1S/C16H16N4OS/c1-18-16(22)20-7-3-6-14(20)13-9-15(21-19-13)12-5-2-4-11(8-12)10-17/h2,4-5,8-9,14H,3,6-7H2,1H3,(H,18,22). The van der Waals surface area contributed by atoms with E-state index < -0.39 is 0 Å². The first-order chi connectivity index (χ1) is 10.7. The largest absolute Gasteiger partial charge is 0.366 e. The van der Waals surface area contributed by atoms with Gasteiger partial charge < -0.3 is 14.7 Å². The molecule has 112 valence electrons. The van der Waals surface area contributed by atoms with E-state index in [9.17, 15) is 0 Å². The molecule has 1 aliphatic rings. The maximum absolute atomic E-state index is 8.99. The molecule has 2 heterocycles. The zero-order chi connectivity index (χ0) is 15.5. The fraction of sp³-hybridized carbons (Fsp3) is 0.312. The van der Waals surface area contributed by atoms with Crippen LogP contribution in [0.25, 0.3) is 11.3 Å². The molecule has 1 aromatic heterocycles. The molecule has 1 atom stereocenters. The third kappa shape index (κ3) is 2.68. The lowest BCUT2D eigenvalue weighted by Gasteiger charge is -2.24. The van der Waals surface area contributed by atoms with E-state index in [0.29, 0.717) is 11.3 Å². The van der Waals surface area contributed by atoms with E-state index in [1.165, 1.54) is 0 Å². The predicted octanol–water partition coefficient (Wildman–Crippen LogP) is 2.85. The molecule has 6 heteroatoms. The van der Waals surface area contributed by atoms with Crippen molar-refractivity contribution in [3.8, 4) is 17.4 Å². The van der Waals surface area contributed by atoms with E-state index in [2.05, 4.69) is 21.4 Å². The molecular formula is C16H16N4OS. The average Bonchev–Trinajstić information content (AvgIpc) is 3.22. The Balaban J connectivity index is 1.87. The molecule has 5 nitrogen and oxygen atoms in total. The van der Waals surface area contributed by atoms with Crippen LogP contribution < -0.4 is 5.32 Å². The van der Waals surface area contributed by atoms with Crippen LogP contribution in [0.15, 0.2) is 34.9 Å². The first-order valence-electron chi connectivity index (χ1n) is 7.18. The molecule has 2 aromatic rings. The van der Waals surface area contributed by atoms with Crippen molar-refractivity contribution >= 4 is 17.3 Å². The van der Waals surface area contributed by atoms with E-state index in [0.717, 1.165) is 35.8 Å². The van der Waals surface area contributed by atoms with Crippen LogP contribution in [-0.2, 0) is 0 Å². The SMILES string of the molecule is CNC(=S)N1CCCC1c1cc(-c2cccc(C#N)c2)on1. The molecule has 1 unspecified atom stereocenters. The number of likely N-dealkylation sites (tertiary alicyclic amines) is 1. The highest BCUT2D eigenvalue weighted by molar-refractivity contribution is 7.80. The van der Waals surface area contributed by atoms with Gasteiger partial charge in [0, 0.05) is 25.2 Å². The van der Waals surface area contributed by atoms with Gasteiger partial charge in [-0.2, -0.15) is 5.26 Å². The molecule has 1 fully saturated rings. The minimum absolute atomic E-state index is 0.150. The molecule has 22 heavy (non-hydrogen) atoms. The van der Waals surface area contributed by atoms with Crippen molar-refractivity contribution in [3.05, 3.63) is 41.6 Å². The van der Waals surface area contributed by atoms with Crippen molar-refractivity contribution in [2.75, 3.05) is 13.6 Å². The fourth-order valence-electron chi connectivity index (χ4n) is 2.78. The van der Waals surface area contributed by atoms with Crippen LogP contribution in [0, 0.1) is 11.3 Å². The number of nitrogens with zero attached hydrogens (tertiary/aromatic N) is 3. The molecule has 0 aliphatic carbocycles. The molecular weight excluding hydrogens is 296 g/mol. The number of nitrogens with one attached hydrogen (secondary N) is 1. The van der Waals surface area contributed by atoms with Gasteiger partial charge in [0.15, 0.2) is 10.9 Å². The van der Waals surface area contributed by atoms with Gasteiger partial charge in [-0.1, -0.05) is 17.3 Å². The summed E-state index contributed by atoms with van der Waals surface area (Å²) in [5.41, 5.74) is 2.35. The summed E-state index contributed by atoms with van der Waals surface area (Å²) in [5.74, 6) is 0.675. The zero-order valence-corrected chi connectivity index (χ0v) is 13.1. The molecule has 0 spiro atoms. The smallest absolute Gasteiger partial charge is 0.169 e. The predicted molar refractivity (Wildman–Crippen MR) is 87.0 cm³/mol. The lowest BCUT2D eigenvalue weighted by Crippen LogP contribution is -2.37. The van der Waals surface area contributed by atoms with Crippen LogP contribution in [0.5, 0.6) is 0 Å². The summed E-state index contributed by atoms with van der Waals surface area (Å²) < 4.78 is 5.47. The van der Waals surface area contributed by atoms with E-state index in [1.807, 2.05) is 25.2 Å². The summed E-state index contributed by atoms with van der Waals surface area (Å²) in [6.45, 7) is 0.927. The van der Waals surface area contributed by atoms with Gasteiger partial charge in [-0.15, -0.1) is 0 Å². The second kappa shape index (κ2) is 6.16. The van der Waals surface area contributed by atoms with Crippen molar-refractivity contribution in [3.63, 3.8) is 0 Å². The lowest BCUT2D eigenvalue weighted by molar-refractivity contribution is 0.356. The second-order valence-electron chi connectivity index (χ2n) is 5.22. The first kappa shape index (κ1) is 14.5. The van der Waals surface area contributed by atoms with Gasteiger partial charge in [0.05, 0.1) is 17.7 Å². The second-order valence-corrected chi connectivity index (χ2v) is 5.60. The Bertz CT molecular complexity index is 734. The Kier molecular flexibility index (Phi) is 4.07. The summed E-state index contributed by atoms with van der Waals surface area (Å²) in [4.78, 5) is 2.14.